The Balaban J connectivity index is 0.000000177. The van der Waals surface area contributed by atoms with E-state index in [1.54, 1.807) is 17.4 Å². The number of nitrogens with zero attached hydrogens (tertiary/aromatic N) is 1. The van der Waals surface area contributed by atoms with Gasteiger partial charge in [0.25, 0.3) is 5.24 Å². The number of aromatic nitrogens is 1. The third-order valence-electron chi connectivity index (χ3n) is 2.88. The molecule has 3 rings (SSSR count). The molecular weight excluding hydrogens is 360 g/mol. The average molecular weight is 379 g/mol. The van der Waals surface area contributed by atoms with Crippen LogP contribution in [0.1, 0.15) is 25.3 Å². The number of pyridine rings is 1. The lowest BCUT2D eigenvalue weighted by molar-refractivity contribution is -0.107. The normalized spacial score (nSPS) is 15.1. The molecule has 1 fully saturated rings. The Bertz CT molecular complexity index is 685. The number of rotatable bonds is 5. The second-order valence-electron chi connectivity index (χ2n) is 4.79. The lowest BCUT2D eigenvalue weighted by atomic mass is 10.3. The van der Waals surface area contributed by atoms with Crippen molar-refractivity contribution in [1.82, 2.24) is 10.3 Å². The highest BCUT2D eigenvalue weighted by Crippen LogP contribution is 2.21. The van der Waals surface area contributed by atoms with E-state index in [-0.39, 0.29) is 10.4 Å². The van der Waals surface area contributed by atoms with E-state index >= 15 is 0 Å². The molecule has 0 atom stereocenters. The number of unbranched alkanes of at least 4 members (excludes halogenated alkanes) is 1. The van der Waals surface area contributed by atoms with Gasteiger partial charge in [0.15, 0.2) is 0 Å². The van der Waals surface area contributed by atoms with Gasteiger partial charge in [-0.1, -0.05) is 19.4 Å². The highest BCUT2D eigenvalue weighted by Gasteiger charge is 2.24. The molecule has 1 aliphatic rings. The van der Waals surface area contributed by atoms with Crippen molar-refractivity contribution in [3.63, 3.8) is 0 Å². The highest BCUT2D eigenvalue weighted by molar-refractivity contribution is 8.27. The van der Waals surface area contributed by atoms with Gasteiger partial charge < -0.3 is 5.32 Å². The van der Waals surface area contributed by atoms with E-state index in [1.165, 1.54) is 18.6 Å². The van der Waals surface area contributed by atoms with Crippen molar-refractivity contribution in [1.29, 1.82) is 0 Å². The Labute approximate surface area is 154 Å². The maximum atomic E-state index is 11.1. The smallest absolute Gasteiger partial charge is 0.291 e. The second-order valence-corrected chi connectivity index (χ2v) is 7.63. The molecule has 0 saturated carbocycles. The molecule has 0 spiro atoms. The molecule has 0 aliphatic carbocycles. The largest absolute Gasteiger partial charge is 0.313 e. The van der Waals surface area contributed by atoms with Gasteiger partial charge in [-0.05, 0) is 52.8 Å². The number of carbonyl (C=O) groups is 2. The van der Waals surface area contributed by atoms with E-state index in [2.05, 4.69) is 23.3 Å². The monoisotopic (exact) mass is 378 g/mol. The van der Waals surface area contributed by atoms with E-state index in [9.17, 15) is 9.59 Å². The van der Waals surface area contributed by atoms with Crippen LogP contribution in [0.5, 0.6) is 0 Å². The zero-order valence-electron chi connectivity index (χ0n) is 13.2. The van der Waals surface area contributed by atoms with Crippen molar-refractivity contribution < 1.29 is 9.59 Å². The van der Waals surface area contributed by atoms with Crippen LogP contribution in [-0.4, -0.2) is 21.1 Å². The van der Waals surface area contributed by atoms with Crippen LogP contribution in [0.2, 0.25) is 0 Å². The number of hydrogen-bond donors (Lipinski definition) is 1. The number of nitrogens with one attached hydrogen (secondary N) is 1. The van der Waals surface area contributed by atoms with Gasteiger partial charge in [0.05, 0.1) is 10.7 Å². The van der Waals surface area contributed by atoms with Gasteiger partial charge in [0, 0.05) is 18.0 Å². The first-order valence-corrected chi connectivity index (χ1v) is 10.2. The molecule has 1 aliphatic heterocycles. The number of thioether (sulfide) groups is 2. The first kappa shape index (κ1) is 18.8. The van der Waals surface area contributed by atoms with Crippen LogP contribution in [0, 0.1) is 0 Å². The Morgan fingerprint density at radius 2 is 2.17 bits per heavy atom. The standard InChI is InChI=1S/C9H13NS.C8H5NO2S2/c1-2-3-8-11-9-6-4-5-7-10-9;10-7-6(9-8(11)13-7)3-5-1-2-12-4-5/h4-7H,2-3,8H2,1H3;1-4H,(H,9,11). The Kier molecular flexibility index (Phi) is 8.07. The fourth-order valence-electron chi connectivity index (χ4n) is 1.70. The number of carbonyl (C=O) groups excluding carboxylic acids is 2. The van der Waals surface area contributed by atoms with Gasteiger partial charge in [-0.3, -0.25) is 9.59 Å². The van der Waals surface area contributed by atoms with Crippen LogP contribution in [0.15, 0.2) is 51.9 Å². The van der Waals surface area contributed by atoms with Crippen molar-refractivity contribution in [3.8, 4) is 0 Å². The van der Waals surface area contributed by atoms with Crippen LogP contribution in [0.25, 0.3) is 6.08 Å². The van der Waals surface area contributed by atoms with E-state index < -0.39 is 0 Å². The molecule has 1 saturated heterocycles. The minimum atomic E-state index is -0.300. The number of thiophene rings is 1. The first-order valence-electron chi connectivity index (χ1n) is 7.50. The lowest BCUT2D eigenvalue weighted by Gasteiger charge is -1.96. The summed E-state index contributed by atoms with van der Waals surface area (Å²) in [6, 6.07) is 7.92. The van der Waals surface area contributed by atoms with Crippen LogP contribution < -0.4 is 5.32 Å². The van der Waals surface area contributed by atoms with Gasteiger partial charge in [-0.2, -0.15) is 11.3 Å². The minimum Gasteiger partial charge on any atom is -0.313 e. The van der Waals surface area contributed by atoms with E-state index in [4.69, 9.17) is 0 Å². The molecular formula is C17H18N2O2S3. The third kappa shape index (κ3) is 6.51. The summed E-state index contributed by atoms with van der Waals surface area (Å²) in [5.41, 5.74) is 1.31. The maximum absolute atomic E-state index is 11.1. The first-order chi connectivity index (χ1) is 11.7. The number of amides is 1. The van der Waals surface area contributed by atoms with Crippen molar-refractivity contribution in [2.45, 2.75) is 24.8 Å². The molecule has 0 bridgehead atoms. The van der Waals surface area contributed by atoms with Crippen molar-refractivity contribution >= 4 is 51.3 Å². The van der Waals surface area contributed by atoms with Gasteiger partial charge in [-0.25, -0.2) is 4.98 Å². The van der Waals surface area contributed by atoms with Gasteiger partial charge >= 0.3 is 0 Å². The minimum absolute atomic E-state index is 0.212. The predicted octanol–water partition coefficient (Wildman–Crippen LogP) is 5.05. The van der Waals surface area contributed by atoms with Crippen LogP contribution in [-0.2, 0) is 4.79 Å². The summed E-state index contributed by atoms with van der Waals surface area (Å²) in [5, 5.41) is 6.94. The SMILES string of the molecule is CCCCSc1ccccn1.O=C1NC(=Cc2ccsc2)C(=O)S1. The molecule has 0 radical (unpaired) electrons. The van der Waals surface area contributed by atoms with Crippen LogP contribution in [0.4, 0.5) is 4.79 Å². The Hall–Kier alpha value is -1.57. The summed E-state index contributed by atoms with van der Waals surface area (Å²) in [6.45, 7) is 2.21. The molecule has 2 aromatic rings. The molecule has 0 aromatic carbocycles. The summed E-state index contributed by atoms with van der Waals surface area (Å²) in [5.74, 6) is 1.19. The third-order valence-corrected chi connectivity index (χ3v) is 5.31. The Morgan fingerprint density at radius 1 is 1.29 bits per heavy atom. The zero-order valence-corrected chi connectivity index (χ0v) is 15.7. The molecule has 2 aromatic heterocycles. The average Bonchev–Trinajstić information content (AvgIpc) is 3.20. The summed E-state index contributed by atoms with van der Waals surface area (Å²) in [4.78, 5) is 26.1. The predicted molar refractivity (Wildman–Crippen MR) is 103 cm³/mol. The quantitative estimate of drug-likeness (QED) is 0.448. The fraction of sp³-hybridized carbons (Fsp3) is 0.235. The molecule has 1 N–H and O–H groups in total. The van der Waals surface area contributed by atoms with Crippen LogP contribution >= 0.6 is 34.9 Å². The van der Waals surface area contributed by atoms with Crippen molar-refractivity contribution in [2.75, 3.05) is 5.75 Å². The highest BCUT2D eigenvalue weighted by atomic mass is 32.2. The zero-order chi connectivity index (χ0) is 17.2. The molecule has 1 amide bonds. The van der Waals surface area contributed by atoms with Crippen molar-refractivity contribution in [3.05, 3.63) is 52.5 Å². The summed E-state index contributed by atoms with van der Waals surface area (Å²) in [7, 11) is 0. The van der Waals surface area contributed by atoms with Crippen molar-refractivity contribution in [2.24, 2.45) is 0 Å². The van der Waals surface area contributed by atoms with E-state index in [1.807, 2.05) is 46.9 Å². The van der Waals surface area contributed by atoms with Gasteiger partial charge in [0.2, 0.25) is 5.12 Å². The summed E-state index contributed by atoms with van der Waals surface area (Å²) < 4.78 is 0. The van der Waals surface area contributed by atoms with Gasteiger partial charge in [-0.15, -0.1) is 11.8 Å². The van der Waals surface area contributed by atoms with Gasteiger partial charge in [0.1, 0.15) is 0 Å². The molecule has 3 heterocycles. The summed E-state index contributed by atoms with van der Waals surface area (Å²) in [6.07, 6.45) is 6.06. The second kappa shape index (κ2) is 10.3. The Morgan fingerprint density at radius 3 is 2.75 bits per heavy atom. The molecule has 4 nitrogen and oxygen atoms in total. The number of hydrogen-bond acceptors (Lipinski definition) is 6. The topological polar surface area (TPSA) is 59.1 Å². The maximum Gasteiger partial charge on any atom is 0.291 e. The molecule has 0 unspecified atom stereocenters. The lowest BCUT2D eigenvalue weighted by Crippen LogP contribution is -2.10. The molecule has 7 heteroatoms. The molecule has 126 valence electrons. The van der Waals surface area contributed by atoms with Crippen LogP contribution in [0.3, 0.4) is 0 Å². The summed E-state index contributed by atoms with van der Waals surface area (Å²) >= 11 is 4.08. The van der Waals surface area contributed by atoms with E-state index in [0.29, 0.717) is 17.5 Å². The molecule has 24 heavy (non-hydrogen) atoms. The fourth-order valence-corrected chi connectivity index (χ4v) is 3.82. The van der Waals surface area contributed by atoms with E-state index in [0.717, 1.165) is 10.6 Å².